The summed E-state index contributed by atoms with van der Waals surface area (Å²) < 4.78 is 31.7. The van der Waals surface area contributed by atoms with Gasteiger partial charge in [0.1, 0.15) is 5.76 Å². The molecule has 2 N–H and O–H groups in total. The summed E-state index contributed by atoms with van der Waals surface area (Å²) in [5, 5.41) is 2.58. The molecule has 0 unspecified atom stereocenters. The number of furan rings is 1. The Bertz CT molecular complexity index is 747. The Labute approximate surface area is 135 Å². The highest BCUT2D eigenvalue weighted by atomic mass is 32.2. The molecule has 0 saturated carbocycles. The van der Waals surface area contributed by atoms with E-state index in [1.165, 1.54) is 6.26 Å². The smallest absolute Gasteiger partial charge is 0.235 e. The van der Waals surface area contributed by atoms with Crippen LogP contribution in [0.5, 0.6) is 0 Å². The predicted molar refractivity (Wildman–Crippen MR) is 87.1 cm³/mol. The second kappa shape index (κ2) is 7.43. The van der Waals surface area contributed by atoms with Crippen LogP contribution in [0.25, 0.3) is 0 Å². The van der Waals surface area contributed by atoms with Crippen molar-refractivity contribution in [1.29, 1.82) is 0 Å². The predicted octanol–water partition coefficient (Wildman–Crippen LogP) is 1.63. The molecule has 2 rings (SSSR count). The van der Waals surface area contributed by atoms with E-state index in [0.29, 0.717) is 5.76 Å². The van der Waals surface area contributed by atoms with Crippen molar-refractivity contribution in [2.45, 2.75) is 26.1 Å². The SMILES string of the molecule is Cc1cccc(C)c1CS(=O)(=O)NCC(=O)NCc1ccco1. The van der Waals surface area contributed by atoms with E-state index >= 15 is 0 Å². The number of amides is 1. The van der Waals surface area contributed by atoms with Gasteiger partial charge in [-0.05, 0) is 42.7 Å². The van der Waals surface area contributed by atoms with Crippen LogP contribution in [0.2, 0.25) is 0 Å². The third kappa shape index (κ3) is 5.22. The van der Waals surface area contributed by atoms with Crippen molar-refractivity contribution < 1.29 is 17.6 Å². The van der Waals surface area contributed by atoms with E-state index in [2.05, 4.69) is 10.0 Å². The number of hydrogen-bond donors (Lipinski definition) is 2. The van der Waals surface area contributed by atoms with Crippen molar-refractivity contribution in [2.24, 2.45) is 0 Å². The standard InChI is InChI=1S/C16H20N2O4S/c1-12-5-3-6-13(2)15(12)11-23(20,21)18-10-16(19)17-9-14-7-4-8-22-14/h3-8,18H,9-11H2,1-2H3,(H,17,19). The zero-order valence-corrected chi connectivity index (χ0v) is 13.9. The lowest BCUT2D eigenvalue weighted by atomic mass is 10.1. The van der Waals surface area contributed by atoms with Gasteiger partial charge >= 0.3 is 0 Å². The lowest BCUT2D eigenvalue weighted by Gasteiger charge is -2.11. The molecule has 1 amide bonds. The fourth-order valence-corrected chi connectivity index (χ4v) is 3.44. The summed E-state index contributed by atoms with van der Waals surface area (Å²) in [6.07, 6.45) is 1.51. The maximum Gasteiger partial charge on any atom is 0.235 e. The van der Waals surface area contributed by atoms with Gasteiger partial charge < -0.3 is 9.73 Å². The van der Waals surface area contributed by atoms with E-state index in [1.54, 1.807) is 12.1 Å². The fourth-order valence-electron chi connectivity index (χ4n) is 2.15. The Morgan fingerprint density at radius 1 is 1.13 bits per heavy atom. The minimum absolute atomic E-state index is 0.142. The molecule has 0 aliphatic rings. The highest BCUT2D eigenvalue weighted by Crippen LogP contribution is 2.15. The number of aryl methyl sites for hydroxylation is 2. The van der Waals surface area contributed by atoms with Crippen LogP contribution in [-0.4, -0.2) is 20.9 Å². The summed E-state index contributed by atoms with van der Waals surface area (Å²) >= 11 is 0. The molecule has 0 fully saturated rings. The maximum absolute atomic E-state index is 12.1. The summed E-state index contributed by atoms with van der Waals surface area (Å²) in [5.74, 6) is 0.0555. The van der Waals surface area contributed by atoms with Gasteiger partial charge in [0.25, 0.3) is 0 Å². The minimum Gasteiger partial charge on any atom is -0.467 e. The first-order chi connectivity index (χ1) is 10.9. The molecule has 1 aromatic carbocycles. The third-order valence-corrected chi connectivity index (χ3v) is 4.72. The number of sulfonamides is 1. The molecule has 1 aromatic heterocycles. The summed E-state index contributed by atoms with van der Waals surface area (Å²) in [6, 6.07) is 9.07. The quantitative estimate of drug-likeness (QED) is 0.804. The number of carbonyl (C=O) groups is 1. The van der Waals surface area contributed by atoms with Crippen LogP contribution in [0.4, 0.5) is 0 Å². The molecule has 23 heavy (non-hydrogen) atoms. The van der Waals surface area contributed by atoms with Gasteiger partial charge in [-0.3, -0.25) is 4.79 Å². The van der Waals surface area contributed by atoms with Gasteiger partial charge in [-0.1, -0.05) is 18.2 Å². The molecule has 0 radical (unpaired) electrons. The Kier molecular flexibility index (Phi) is 5.57. The van der Waals surface area contributed by atoms with Gasteiger partial charge in [0, 0.05) is 0 Å². The van der Waals surface area contributed by atoms with E-state index in [4.69, 9.17) is 4.42 Å². The van der Waals surface area contributed by atoms with E-state index in [-0.39, 0.29) is 18.8 Å². The molecule has 0 saturated heterocycles. The molecule has 0 aliphatic heterocycles. The maximum atomic E-state index is 12.1. The van der Waals surface area contributed by atoms with Gasteiger partial charge in [-0.2, -0.15) is 0 Å². The van der Waals surface area contributed by atoms with E-state index in [1.807, 2.05) is 32.0 Å². The number of nitrogens with one attached hydrogen (secondary N) is 2. The van der Waals surface area contributed by atoms with Crippen LogP contribution >= 0.6 is 0 Å². The van der Waals surface area contributed by atoms with E-state index < -0.39 is 15.9 Å². The molecule has 0 atom stereocenters. The molecule has 1 heterocycles. The van der Waals surface area contributed by atoms with E-state index in [9.17, 15) is 13.2 Å². The third-order valence-electron chi connectivity index (χ3n) is 3.47. The number of benzene rings is 1. The average molecular weight is 336 g/mol. The van der Waals surface area contributed by atoms with Crippen molar-refractivity contribution in [3.8, 4) is 0 Å². The topological polar surface area (TPSA) is 88.4 Å². The van der Waals surface area contributed by atoms with Crippen LogP contribution in [-0.2, 0) is 27.1 Å². The largest absolute Gasteiger partial charge is 0.467 e. The summed E-state index contributed by atoms with van der Waals surface area (Å²) in [6.45, 7) is 3.67. The van der Waals surface area contributed by atoms with E-state index in [0.717, 1.165) is 16.7 Å². The molecule has 7 heteroatoms. The van der Waals surface area contributed by atoms with Crippen LogP contribution in [0.15, 0.2) is 41.0 Å². The molecule has 0 spiro atoms. The Morgan fingerprint density at radius 2 is 1.83 bits per heavy atom. The first kappa shape index (κ1) is 17.2. The van der Waals surface area contributed by atoms with Crippen LogP contribution in [0.3, 0.4) is 0 Å². The Morgan fingerprint density at radius 3 is 2.43 bits per heavy atom. The van der Waals surface area contributed by atoms with Crippen LogP contribution in [0.1, 0.15) is 22.5 Å². The first-order valence-corrected chi connectivity index (χ1v) is 8.84. The van der Waals surface area contributed by atoms with Gasteiger partial charge in [-0.15, -0.1) is 0 Å². The zero-order chi connectivity index (χ0) is 16.9. The Balaban J connectivity index is 1.87. The fraction of sp³-hybridized carbons (Fsp3) is 0.312. The zero-order valence-electron chi connectivity index (χ0n) is 13.1. The summed E-state index contributed by atoms with van der Waals surface area (Å²) in [4.78, 5) is 11.7. The molecule has 0 aliphatic carbocycles. The normalized spacial score (nSPS) is 11.4. The minimum atomic E-state index is -3.58. The number of carbonyl (C=O) groups excluding carboxylic acids is 1. The Hall–Kier alpha value is -2.12. The molecular weight excluding hydrogens is 316 g/mol. The summed E-state index contributed by atoms with van der Waals surface area (Å²) in [5.41, 5.74) is 2.59. The molecule has 6 nitrogen and oxygen atoms in total. The average Bonchev–Trinajstić information content (AvgIpc) is 3.00. The number of hydrogen-bond acceptors (Lipinski definition) is 4. The van der Waals surface area contributed by atoms with Gasteiger partial charge in [0.05, 0.1) is 25.1 Å². The van der Waals surface area contributed by atoms with Crippen LogP contribution < -0.4 is 10.0 Å². The second-order valence-electron chi connectivity index (χ2n) is 5.31. The van der Waals surface area contributed by atoms with Gasteiger partial charge in [-0.25, -0.2) is 13.1 Å². The van der Waals surface area contributed by atoms with Crippen LogP contribution in [0, 0.1) is 13.8 Å². The molecule has 124 valence electrons. The first-order valence-electron chi connectivity index (χ1n) is 7.19. The molecular formula is C16H20N2O4S. The van der Waals surface area contributed by atoms with Gasteiger partial charge in [0.15, 0.2) is 0 Å². The highest BCUT2D eigenvalue weighted by Gasteiger charge is 2.16. The number of rotatable bonds is 7. The van der Waals surface area contributed by atoms with Gasteiger partial charge in [0.2, 0.25) is 15.9 Å². The second-order valence-corrected chi connectivity index (χ2v) is 7.11. The summed E-state index contributed by atoms with van der Waals surface area (Å²) in [7, 11) is -3.58. The monoisotopic (exact) mass is 336 g/mol. The lowest BCUT2D eigenvalue weighted by molar-refractivity contribution is -0.120. The van der Waals surface area contributed by atoms with Crippen molar-refractivity contribution in [1.82, 2.24) is 10.0 Å². The van der Waals surface area contributed by atoms with Crippen molar-refractivity contribution in [3.05, 3.63) is 59.0 Å². The molecule has 0 bridgehead atoms. The lowest BCUT2D eigenvalue weighted by Crippen LogP contribution is -2.37. The van der Waals surface area contributed by atoms with Crippen molar-refractivity contribution >= 4 is 15.9 Å². The van der Waals surface area contributed by atoms with Crippen molar-refractivity contribution in [2.75, 3.05) is 6.54 Å². The van der Waals surface area contributed by atoms with Crippen molar-refractivity contribution in [3.63, 3.8) is 0 Å². The highest BCUT2D eigenvalue weighted by molar-refractivity contribution is 7.88. The molecule has 2 aromatic rings.